The Hall–Kier alpha value is -1.46. The lowest BCUT2D eigenvalue weighted by Crippen LogP contribution is -2.26. The standard InChI is InChI=1S/C10H13FN2O2/c11-9-5-2-1-4-8(9)10(14)13-6-3-7-15-12/h1-2,4-5H,3,6-7,12H2,(H,13,14). The summed E-state index contributed by atoms with van der Waals surface area (Å²) in [6.07, 6.45) is 0.594. The average Bonchev–Trinajstić information content (AvgIpc) is 2.25. The molecule has 0 bridgehead atoms. The van der Waals surface area contributed by atoms with Crippen LogP contribution in [0.25, 0.3) is 0 Å². The van der Waals surface area contributed by atoms with Gasteiger partial charge in [-0.1, -0.05) is 12.1 Å². The maximum Gasteiger partial charge on any atom is 0.254 e. The first kappa shape index (κ1) is 11.6. The maximum atomic E-state index is 13.1. The van der Waals surface area contributed by atoms with Gasteiger partial charge in [0.25, 0.3) is 5.91 Å². The molecule has 0 aliphatic rings. The molecule has 0 aliphatic heterocycles. The number of carbonyl (C=O) groups excluding carboxylic acids is 1. The van der Waals surface area contributed by atoms with Crippen molar-refractivity contribution >= 4 is 5.91 Å². The third kappa shape index (κ3) is 3.65. The van der Waals surface area contributed by atoms with E-state index in [1.165, 1.54) is 18.2 Å². The monoisotopic (exact) mass is 212 g/mol. The number of halogens is 1. The summed E-state index contributed by atoms with van der Waals surface area (Å²) in [5, 5.41) is 2.56. The summed E-state index contributed by atoms with van der Waals surface area (Å²) in [4.78, 5) is 15.7. The Bertz CT molecular complexity index is 331. The Labute approximate surface area is 87.2 Å². The molecule has 82 valence electrons. The highest BCUT2D eigenvalue weighted by Gasteiger charge is 2.09. The van der Waals surface area contributed by atoms with Gasteiger partial charge in [-0.3, -0.25) is 4.79 Å². The van der Waals surface area contributed by atoms with Crippen molar-refractivity contribution in [3.8, 4) is 0 Å². The zero-order valence-corrected chi connectivity index (χ0v) is 8.20. The minimum atomic E-state index is -0.523. The zero-order valence-electron chi connectivity index (χ0n) is 8.20. The highest BCUT2D eigenvalue weighted by atomic mass is 19.1. The normalized spacial score (nSPS) is 10.0. The number of benzene rings is 1. The molecule has 4 nitrogen and oxygen atoms in total. The molecule has 0 saturated carbocycles. The van der Waals surface area contributed by atoms with Crippen molar-refractivity contribution in [2.75, 3.05) is 13.2 Å². The summed E-state index contributed by atoms with van der Waals surface area (Å²) in [7, 11) is 0. The number of nitrogens with one attached hydrogen (secondary N) is 1. The van der Waals surface area contributed by atoms with Gasteiger partial charge in [-0.25, -0.2) is 10.3 Å². The fourth-order valence-electron chi connectivity index (χ4n) is 1.10. The first-order valence-electron chi connectivity index (χ1n) is 4.60. The van der Waals surface area contributed by atoms with Crippen LogP contribution >= 0.6 is 0 Å². The van der Waals surface area contributed by atoms with E-state index in [0.717, 1.165) is 0 Å². The quantitative estimate of drug-likeness (QED) is 0.561. The molecular weight excluding hydrogens is 199 g/mol. The smallest absolute Gasteiger partial charge is 0.254 e. The van der Waals surface area contributed by atoms with Crippen LogP contribution in [-0.2, 0) is 4.84 Å². The molecule has 0 spiro atoms. The van der Waals surface area contributed by atoms with E-state index in [2.05, 4.69) is 10.2 Å². The van der Waals surface area contributed by atoms with Gasteiger partial charge in [0.15, 0.2) is 0 Å². The molecular formula is C10H13FN2O2. The topological polar surface area (TPSA) is 64.3 Å². The second kappa shape index (κ2) is 6.10. The van der Waals surface area contributed by atoms with Gasteiger partial charge >= 0.3 is 0 Å². The summed E-state index contributed by atoms with van der Waals surface area (Å²) in [5.74, 6) is 3.86. The third-order valence-corrected chi connectivity index (χ3v) is 1.84. The SMILES string of the molecule is NOCCCNC(=O)c1ccccc1F. The predicted octanol–water partition coefficient (Wildman–Crippen LogP) is 0.836. The lowest BCUT2D eigenvalue weighted by Gasteiger charge is -2.04. The lowest BCUT2D eigenvalue weighted by atomic mass is 10.2. The van der Waals surface area contributed by atoms with Gasteiger partial charge in [0.1, 0.15) is 5.82 Å². The third-order valence-electron chi connectivity index (χ3n) is 1.84. The summed E-state index contributed by atoms with van der Waals surface area (Å²) in [6.45, 7) is 0.766. The molecule has 0 aliphatic carbocycles. The summed E-state index contributed by atoms with van der Waals surface area (Å²) < 4.78 is 13.1. The van der Waals surface area contributed by atoms with Crippen LogP contribution in [0.5, 0.6) is 0 Å². The van der Waals surface area contributed by atoms with E-state index in [4.69, 9.17) is 5.90 Å². The average molecular weight is 212 g/mol. The van der Waals surface area contributed by atoms with Crippen molar-refractivity contribution in [3.63, 3.8) is 0 Å². The molecule has 0 unspecified atom stereocenters. The van der Waals surface area contributed by atoms with Crippen molar-refractivity contribution in [2.24, 2.45) is 5.90 Å². The van der Waals surface area contributed by atoms with Crippen LogP contribution in [0.3, 0.4) is 0 Å². The number of nitrogens with two attached hydrogens (primary N) is 1. The molecule has 0 aromatic heterocycles. The van der Waals surface area contributed by atoms with E-state index >= 15 is 0 Å². The largest absolute Gasteiger partial charge is 0.352 e. The highest BCUT2D eigenvalue weighted by molar-refractivity contribution is 5.94. The molecule has 0 atom stereocenters. The van der Waals surface area contributed by atoms with Gasteiger partial charge in [0.05, 0.1) is 12.2 Å². The van der Waals surface area contributed by atoms with Crippen LogP contribution in [0.15, 0.2) is 24.3 Å². The zero-order chi connectivity index (χ0) is 11.1. The summed E-state index contributed by atoms with van der Waals surface area (Å²) in [5.41, 5.74) is 0.0474. The van der Waals surface area contributed by atoms with E-state index < -0.39 is 11.7 Å². The van der Waals surface area contributed by atoms with Gasteiger partial charge in [-0.05, 0) is 18.6 Å². The molecule has 0 radical (unpaired) electrons. The molecule has 1 aromatic carbocycles. The lowest BCUT2D eigenvalue weighted by molar-refractivity contribution is 0.0937. The Morgan fingerprint density at radius 2 is 2.20 bits per heavy atom. The molecule has 1 aromatic rings. The van der Waals surface area contributed by atoms with E-state index in [1.54, 1.807) is 6.07 Å². The van der Waals surface area contributed by atoms with Crippen LogP contribution in [0, 0.1) is 5.82 Å². The fourth-order valence-corrected chi connectivity index (χ4v) is 1.10. The molecule has 1 amide bonds. The Morgan fingerprint density at radius 3 is 2.87 bits per heavy atom. The fraction of sp³-hybridized carbons (Fsp3) is 0.300. The van der Waals surface area contributed by atoms with Crippen molar-refractivity contribution in [1.29, 1.82) is 0 Å². The van der Waals surface area contributed by atoms with Crippen LogP contribution in [-0.4, -0.2) is 19.1 Å². The van der Waals surface area contributed by atoms with Crippen molar-refractivity contribution < 1.29 is 14.0 Å². The molecule has 5 heteroatoms. The Kier molecular flexibility index (Phi) is 4.73. The first-order valence-corrected chi connectivity index (χ1v) is 4.60. The first-order chi connectivity index (χ1) is 7.25. The van der Waals surface area contributed by atoms with E-state index in [9.17, 15) is 9.18 Å². The van der Waals surface area contributed by atoms with E-state index in [0.29, 0.717) is 19.6 Å². The minimum absolute atomic E-state index is 0.0474. The van der Waals surface area contributed by atoms with Crippen LogP contribution in [0.1, 0.15) is 16.8 Å². The van der Waals surface area contributed by atoms with Crippen molar-refractivity contribution in [2.45, 2.75) is 6.42 Å². The second-order valence-electron chi connectivity index (χ2n) is 2.96. The Balaban J connectivity index is 2.44. The highest BCUT2D eigenvalue weighted by Crippen LogP contribution is 2.05. The van der Waals surface area contributed by atoms with Gasteiger partial charge in [0, 0.05) is 6.54 Å². The number of rotatable bonds is 5. The maximum absolute atomic E-state index is 13.1. The number of amides is 1. The second-order valence-corrected chi connectivity index (χ2v) is 2.96. The minimum Gasteiger partial charge on any atom is -0.352 e. The van der Waals surface area contributed by atoms with E-state index in [-0.39, 0.29) is 5.56 Å². The van der Waals surface area contributed by atoms with Gasteiger partial charge < -0.3 is 10.2 Å². The van der Waals surface area contributed by atoms with Crippen LogP contribution < -0.4 is 11.2 Å². The number of carbonyl (C=O) groups is 1. The van der Waals surface area contributed by atoms with Crippen LogP contribution in [0.4, 0.5) is 4.39 Å². The van der Waals surface area contributed by atoms with Gasteiger partial charge in [-0.2, -0.15) is 0 Å². The summed E-state index contributed by atoms with van der Waals surface area (Å²) >= 11 is 0. The number of hydrogen-bond acceptors (Lipinski definition) is 3. The Morgan fingerprint density at radius 1 is 1.47 bits per heavy atom. The molecule has 1 rings (SSSR count). The number of hydrogen-bond donors (Lipinski definition) is 2. The van der Waals surface area contributed by atoms with Crippen molar-refractivity contribution in [1.82, 2.24) is 5.32 Å². The van der Waals surface area contributed by atoms with Crippen LogP contribution in [0.2, 0.25) is 0 Å². The van der Waals surface area contributed by atoms with Gasteiger partial charge in [0.2, 0.25) is 0 Å². The van der Waals surface area contributed by atoms with Gasteiger partial charge in [-0.15, -0.1) is 0 Å². The molecule has 0 saturated heterocycles. The molecule has 0 fully saturated rings. The molecule has 15 heavy (non-hydrogen) atoms. The summed E-state index contributed by atoms with van der Waals surface area (Å²) in [6, 6.07) is 5.83. The molecule has 0 heterocycles. The van der Waals surface area contributed by atoms with E-state index in [1.807, 2.05) is 0 Å². The molecule has 3 N–H and O–H groups in total. The van der Waals surface area contributed by atoms with Crippen molar-refractivity contribution in [3.05, 3.63) is 35.6 Å². The predicted molar refractivity (Wildman–Crippen MR) is 53.5 cm³/mol.